The highest BCUT2D eigenvalue weighted by Crippen LogP contribution is 2.37. The van der Waals surface area contributed by atoms with Crippen LogP contribution in [0.2, 0.25) is 0 Å². The van der Waals surface area contributed by atoms with E-state index in [2.05, 4.69) is 0 Å². The molecular formula is C18H14FNO3. The second-order valence-electron chi connectivity index (χ2n) is 5.34. The molecule has 1 N–H and O–H groups in total. The number of halogens is 1. The molecule has 0 spiro atoms. The first-order valence-electron chi connectivity index (χ1n) is 7.14. The summed E-state index contributed by atoms with van der Waals surface area (Å²) in [5.41, 5.74) is 1.08. The topological polar surface area (TPSA) is 63.4 Å². The third-order valence-corrected chi connectivity index (χ3v) is 3.90. The number of nitro groups is 1. The Kier molecular flexibility index (Phi) is 3.93. The summed E-state index contributed by atoms with van der Waals surface area (Å²) >= 11 is 0. The van der Waals surface area contributed by atoms with Crippen molar-refractivity contribution in [2.45, 2.75) is 5.92 Å². The Morgan fingerprint density at radius 3 is 2.43 bits per heavy atom. The minimum atomic E-state index is -0.656. The molecule has 3 rings (SSSR count). The molecule has 0 aliphatic heterocycles. The Morgan fingerprint density at radius 2 is 1.74 bits per heavy atom. The minimum absolute atomic E-state index is 0.000116. The molecule has 3 aromatic carbocycles. The predicted octanol–water partition coefficient (Wildman–Crippen LogP) is 4.09. The molecular weight excluding hydrogens is 297 g/mol. The highest BCUT2D eigenvalue weighted by Gasteiger charge is 2.25. The average Bonchev–Trinajstić information content (AvgIpc) is 2.54. The van der Waals surface area contributed by atoms with E-state index in [-0.39, 0.29) is 12.3 Å². The first-order chi connectivity index (χ1) is 11.1. The molecule has 0 aliphatic carbocycles. The van der Waals surface area contributed by atoms with Gasteiger partial charge in [0.2, 0.25) is 6.54 Å². The van der Waals surface area contributed by atoms with Crippen molar-refractivity contribution in [2.24, 2.45) is 0 Å². The van der Waals surface area contributed by atoms with Crippen LogP contribution in [0, 0.1) is 15.9 Å². The second-order valence-corrected chi connectivity index (χ2v) is 5.34. The van der Waals surface area contributed by atoms with Gasteiger partial charge in [-0.2, -0.15) is 0 Å². The lowest BCUT2D eigenvalue weighted by Gasteiger charge is -2.18. The molecule has 23 heavy (non-hydrogen) atoms. The van der Waals surface area contributed by atoms with E-state index in [1.165, 1.54) is 30.3 Å². The van der Waals surface area contributed by atoms with Crippen molar-refractivity contribution >= 4 is 10.8 Å². The number of phenolic OH excluding ortho intramolecular Hbond substituents is 1. The first kappa shape index (κ1) is 15.0. The van der Waals surface area contributed by atoms with Crippen LogP contribution in [0.1, 0.15) is 17.0 Å². The molecule has 0 heterocycles. The van der Waals surface area contributed by atoms with Gasteiger partial charge >= 0.3 is 0 Å². The Labute approximate surface area is 132 Å². The van der Waals surface area contributed by atoms with Crippen LogP contribution >= 0.6 is 0 Å². The summed E-state index contributed by atoms with van der Waals surface area (Å²) in [5, 5.41) is 23.1. The van der Waals surface area contributed by atoms with E-state index in [0.29, 0.717) is 11.1 Å². The Hall–Kier alpha value is -2.95. The summed E-state index contributed by atoms with van der Waals surface area (Å²) in [4.78, 5) is 10.7. The summed E-state index contributed by atoms with van der Waals surface area (Å²) in [6.07, 6.45) is 0. The summed E-state index contributed by atoms with van der Waals surface area (Å²) in [7, 11) is 0. The van der Waals surface area contributed by atoms with Crippen LogP contribution < -0.4 is 0 Å². The summed E-state index contributed by atoms with van der Waals surface area (Å²) in [6.45, 7) is -0.382. The molecule has 5 heteroatoms. The SMILES string of the molecule is O=[N+]([O-])C[C@@H](c1ccc(F)cc1)c1c(O)ccc2ccccc12. The van der Waals surface area contributed by atoms with Gasteiger partial charge in [0.05, 0.1) is 5.92 Å². The van der Waals surface area contributed by atoms with E-state index in [1.807, 2.05) is 24.3 Å². The van der Waals surface area contributed by atoms with Gasteiger partial charge in [-0.05, 0) is 34.5 Å². The van der Waals surface area contributed by atoms with Gasteiger partial charge in [0, 0.05) is 10.5 Å². The smallest absolute Gasteiger partial charge is 0.214 e. The Bertz CT molecular complexity index is 862. The molecule has 0 radical (unpaired) electrons. The lowest BCUT2D eigenvalue weighted by Crippen LogP contribution is -2.14. The molecule has 0 aliphatic rings. The molecule has 1 atom stereocenters. The van der Waals surface area contributed by atoms with E-state index in [1.54, 1.807) is 6.07 Å². The van der Waals surface area contributed by atoms with Crippen molar-refractivity contribution in [3.63, 3.8) is 0 Å². The lowest BCUT2D eigenvalue weighted by atomic mass is 9.87. The third-order valence-electron chi connectivity index (χ3n) is 3.90. The van der Waals surface area contributed by atoms with Crippen molar-refractivity contribution in [1.82, 2.24) is 0 Å². The van der Waals surface area contributed by atoms with E-state index >= 15 is 0 Å². The molecule has 0 saturated heterocycles. The summed E-state index contributed by atoms with van der Waals surface area (Å²) in [5.74, 6) is -1.06. The molecule has 4 nitrogen and oxygen atoms in total. The third kappa shape index (κ3) is 2.99. The molecule has 0 bridgehead atoms. The molecule has 116 valence electrons. The first-order valence-corrected chi connectivity index (χ1v) is 7.14. The molecule has 0 unspecified atom stereocenters. The number of nitrogens with zero attached hydrogens (tertiary/aromatic N) is 1. The van der Waals surface area contributed by atoms with Gasteiger partial charge in [-0.1, -0.05) is 42.5 Å². The summed E-state index contributed by atoms with van der Waals surface area (Å²) in [6, 6.07) is 16.3. The zero-order chi connectivity index (χ0) is 16.4. The monoisotopic (exact) mass is 311 g/mol. The average molecular weight is 311 g/mol. The number of rotatable bonds is 4. The fourth-order valence-corrected chi connectivity index (χ4v) is 2.86. The van der Waals surface area contributed by atoms with Crippen LogP contribution in [0.4, 0.5) is 4.39 Å². The van der Waals surface area contributed by atoms with Gasteiger partial charge in [-0.25, -0.2) is 4.39 Å². The maximum absolute atomic E-state index is 13.2. The van der Waals surface area contributed by atoms with Crippen molar-refractivity contribution in [3.8, 4) is 5.75 Å². The van der Waals surface area contributed by atoms with Crippen LogP contribution in [0.25, 0.3) is 10.8 Å². The highest BCUT2D eigenvalue weighted by molar-refractivity contribution is 5.88. The summed E-state index contributed by atoms with van der Waals surface area (Å²) < 4.78 is 13.2. The van der Waals surface area contributed by atoms with Crippen LogP contribution in [0.3, 0.4) is 0 Å². The highest BCUT2D eigenvalue weighted by atomic mass is 19.1. The van der Waals surface area contributed by atoms with E-state index in [4.69, 9.17) is 0 Å². The lowest BCUT2D eigenvalue weighted by molar-refractivity contribution is -0.481. The van der Waals surface area contributed by atoms with Gasteiger partial charge in [0.15, 0.2) is 0 Å². The quantitative estimate of drug-likeness (QED) is 0.583. The largest absolute Gasteiger partial charge is 0.508 e. The van der Waals surface area contributed by atoms with Gasteiger partial charge in [-0.3, -0.25) is 10.1 Å². The van der Waals surface area contributed by atoms with E-state index < -0.39 is 16.7 Å². The molecule has 0 amide bonds. The number of benzene rings is 3. The van der Waals surface area contributed by atoms with Gasteiger partial charge < -0.3 is 5.11 Å². The van der Waals surface area contributed by atoms with Gasteiger partial charge in [-0.15, -0.1) is 0 Å². The van der Waals surface area contributed by atoms with Gasteiger partial charge in [0.25, 0.3) is 0 Å². The number of phenols is 1. The van der Waals surface area contributed by atoms with Crippen LogP contribution in [-0.2, 0) is 0 Å². The van der Waals surface area contributed by atoms with Gasteiger partial charge in [0.1, 0.15) is 11.6 Å². The molecule has 0 aromatic heterocycles. The van der Waals surface area contributed by atoms with Crippen LogP contribution in [0.15, 0.2) is 60.7 Å². The van der Waals surface area contributed by atoms with Crippen molar-refractivity contribution in [1.29, 1.82) is 0 Å². The number of hydrogen-bond donors (Lipinski definition) is 1. The number of fused-ring (bicyclic) bond motifs is 1. The maximum Gasteiger partial charge on any atom is 0.214 e. The second kappa shape index (κ2) is 6.04. The number of aromatic hydroxyl groups is 1. The van der Waals surface area contributed by atoms with E-state index in [0.717, 1.165) is 10.8 Å². The predicted molar refractivity (Wildman–Crippen MR) is 85.7 cm³/mol. The number of hydrogen-bond acceptors (Lipinski definition) is 3. The van der Waals surface area contributed by atoms with Crippen molar-refractivity contribution < 1.29 is 14.4 Å². The van der Waals surface area contributed by atoms with Crippen LogP contribution in [0.5, 0.6) is 5.75 Å². The van der Waals surface area contributed by atoms with Crippen LogP contribution in [-0.4, -0.2) is 16.6 Å². The Morgan fingerprint density at radius 1 is 1.04 bits per heavy atom. The maximum atomic E-state index is 13.2. The molecule has 0 saturated carbocycles. The molecule has 0 fully saturated rings. The van der Waals surface area contributed by atoms with Crippen molar-refractivity contribution in [3.05, 3.63) is 87.7 Å². The fourth-order valence-electron chi connectivity index (χ4n) is 2.86. The van der Waals surface area contributed by atoms with Crippen molar-refractivity contribution in [2.75, 3.05) is 6.54 Å². The zero-order valence-electron chi connectivity index (χ0n) is 12.1. The minimum Gasteiger partial charge on any atom is -0.508 e. The normalized spacial score (nSPS) is 12.2. The fraction of sp³-hybridized carbons (Fsp3) is 0.111. The zero-order valence-corrected chi connectivity index (χ0v) is 12.1. The molecule has 3 aromatic rings. The Balaban J connectivity index is 2.22. The standard InChI is InChI=1S/C18H14FNO3/c19-14-8-5-13(6-9-14)16(11-20(22)23)18-15-4-2-1-3-12(15)7-10-17(18)21/h1-10,16,21H,11H2/t16-/m0/s1. The van der Waals surface area contributed by atoms with E-state index in [9.17, 15) is 19.6 Å².